The van der Waals surface area contributed by atoms with Gasteiger partial charge in [-0.15, -0.1) is 0 Å². The fraction of sp³-hybridized carbons (Fsp3) is 0.533. The number of carbonyl (C=O) groups excluding carboxylic acids is 1. The molecule has 0 amide bonds. The Labute approximate surface area is 136 Å². The summed E-state index contributed by atoms with van der Waals surface area (Å²) in [5.74, 6) is 0.682. The highest BCUT2D eigenvalue weighted by atomic mass is 28.3. The van der Waals surface area contributed by atoms with E-state index in [1.807, 2.05) is 6.55 Å². The third kappa shape index (κ3) is 5.66. The summed E-state index contributed by atoms with van der Waals surface area (Å²) in [6, 6.07) is 7.14. The molecule has 0 radical (unpaired) electrons. The Balaban J connectivity index is 2.71. The van der Waals surface area contributed by atoms with Gasteiger partial charge in [0, 0.05) is 19.8 Å². The number of carbonyl (C=O) groups is 1. The molecule has 0 bridgehead atoms. The lowest BCUT2D eigenvalue weighted by Gasteiger charge is -2.26. The number of hydrogen-bond acceptors (Lipinski definition) is 5. The smallest absolute Gasteiger partial charge is 0.318 e. The van der Waals surface area contributed by atoms with Crippen LogP contribution < -0.4 is 4.74 Å². The number of Topliss-reactive ketones (excluding diaryl/α,β-unsaturated/α-hetero) is 1. The van der Waals surface area contributed by atoms with Crippen LogP contribution in [0.3, 0.4) is 0 Å². The zero-order valence-electron chi connectivity index (χ0n) is 14.2. The summed E-state index contributed by atoms with van der Waals surface area (Å²) >= 11 is 0. The first-order valence-corrected chi connectivity index (χ1v) is 11.8. The van der Waals surface area contributed by atoms with Gasteiger partial charge in [0.25, 0.3) is 0 Å². The Morgan fingerprint density at radius 1 is 1.09 bits per heavy atom. The molecule has 7 heteroatoms. The zero-order chi connectivity index (χ0) is 16.8. The number of benzene rings is 1. The number of hydrogen-bond donors (Lipinski definition) is 0. The van der Waals surface area contributed by atoms with Gasteiger partial charge in [0.15, 0.2) is 5.78 Å². The molecule has 1 aromatic rings. The minimum Gasteiger partial charge on any atom is -0.495 e. The molecule has 1 rings (SSSR count). The molecule has 0 aromatic heterocycles. The van der Waals surface area contributed by atoms with E-state index in [1.165, 1.54) is 0 Å². The Bertz CT molecular complexity index is 475. The lowest BCUT2D eigenvalue weighted by Crippen LogP contribution is -2.40. The van der Waals surface area contributed by atoms with E-state index < -0.39 is 23.9 Å². The minimum absolute atomic E-state index is 0.0601. The second-order valence-electron chi connectivity index (χ2n) is 5.64. The largest absolute Gasteiger partial charge is 0.495 e. The summed E-state index contributed by atoms with van der Waals surface area (Å²) in [5.41, 5.74) is -0.284. The van der Waals surface area contributed by atoms with Gasteiger partial charge in [-0.2, -0.15) is 0 Å². The van der Waals surface area contributed by atoms with E-state index in [1.54, 1.807) is 52.3 Å². The number of ketones is 1. The average molecular weight is 343 g/mol. The third-order valence-electron chi connectivity index (χ3n) is 3.34. The van der Waals surface area contributed by atoms with E-state index in [2.05, 4.69) is 6.55 Å². The van der Waals surface area contributed by atoms with Crippen LogP contribution in [0.1, 0.15) is 24.2 Å². The lowest BCUT2D eigenvalue weighted by atomic mass is 9.97. The van der Waals surface area contributed by atoms with Gasteiger partial charge in [0.1, 0.15) is 17.6 Å². The Morgan fingerprint density at radius 3 is 2.18 bits per heavy atom. The van der Waals surface area contributed by atoms with Gasteiger partial charge in [-0.25, -0.2) is 0 Å². The van der Waals surface area contributed by atoms with Crippen molar-refractivity contribution in [3.63, 3.8) is 0 Å². The van der Waals surface area contributed by atoms with Gasteiger partial charge in [-0.1, -0.05) is 0 Å². The monoisotopic (exact) mass is 342 g/mol. The van der Waals surface area contributed by atoms with Crippen LogP contribution >= 0.6 is 0 Å². The molecule has 0 saturated heterocycles. The fourth-order valence-corrected chi connectivity index (χ4v) is 3.44. The molecule has 5 nitrogen and oxygen atoms in total. The molecule has 2 atom stereocenters. The van der Waals surface area contributed by atoms with Crippen LogP contribution in [0, 0.1) is 0 Å². The van der Waals surface area contributed by atoms with Gasteiger partial charge >= 0.3 is 9.28 Å². The van der Waals surface area contributed by atoms with Crippen molar-refractivity contribution in [2.75, 3.05) is 20.4 Å². The molecule has 22 heavy (non-hydrogen) atoms. The molecule has 0 saturated carbocycles. The van der Waals surface area contributed by atoms with Crippen molar-refractivity contribution in [3.05, 3.63) is 29.8 Å². The fourth-order valence-electron chi connectivity index (χ4n) is 1.85. The van der Waals surface area contributed by atoms with Crippen LogP contribution in [0.2, 0.25) is 13.1 Å². The third-order valence-corrected chi connectivity index (χ3v) is 6.37. The second kappa shape index (κ2) is 8.59. The van der Waals surface area contributed by atoms with Gasteiger partial charge < -0.3 is 18.0 Å². The van der Waals surface area contributed by atoms with Crippen LogP contribution in [0.4, 0.5) is 0 Å². The number of ether oxygens (including phenoxy) is 1. The van der Waals surface area contributed by atoms with Crippen LogP contribution in [0.15, 0.2) is 24.3 Å². The van der Waals surface area contributed by atoms with E-state index >= 15 is 0 Å². The zero-order valence-corrected chi connectivity index (χ0v) is 16.5. The van der Waals surface area contributed by atoms with E-state index in [0.717, 1.165) is 5.75 Å². The maximum absolute atomic E-state index is 12.5. The summed E-state index contributed by atoms with van der Waals surface area (Å²) in [7, 11) is 0.281. The lowest BCUT2D eigenvalue weighted by molar-refractivity contribution is 0.0488. The quantitative estimate of drug-likeness (QED) is 0.508. The highest BCUT2D eigenvalue weighted by Crippen LogP contribution is 2.21. The van der Waals surface area contributed by atoms with E-state index in [-0.39, 0.29) is 5.78 Å². The molecule has 0 fully saturated rings. The van der Waals surface area contributed by atoms with Crippen molar-refractivity contribution < 1.29 is 22.8 Å². The summed E-state index contributed by atoms with van der Waals surface area (Å²) in [6.07, 6.45) is 0.606. The van der Waals surface area contributed by atoms with Crippen molar-refractivity contribution in [1.82, 2.24) is 0 Å². The predicted octanol–water partition coefficient (Wildman–Crippen LogP) is 2.08. The summed E-state index contributed by atoms with van der Waals surface area (Å²) < 4.78 is 21.8. The molecular weight excluding hydrogens is 316 g/mol. The van der Waals surface area contributed by atoms with Gasteiger partial charge in [-0.3, -0.25) is 4.79 Å². The van der Waals surface area contributed by atoms with Crippen molar-refractivity contribution >= 4 is 24.1 Å². The first kappa shape index (κ1) is 19.1. The van der Waals surface area contributed by atoms with Gasteiger partial charge in [0.05, 0.1) is 0 Å². The van der Waals surface area contributed by atoms with Crippen LogP contribution in [0.5, 0.6) is 5.75 Å². The van der Waals surface area contributed by atoms with Gasteiger partial charge in [-0.05, 0) is 51.2 Å². The predicted molar refractivity (Wildman–Crippen MR) is 91.5 cm³/mol. The van der Waals surface area contributed by atoms with Crippen molar-refractivity contribution in [3.8, 4) is 5.75 Å². The SMILES string of the molecule is CO[SiH](C)COc1ccc(C(=O)C(C)(C)O[SiH](C)OC)cc1. The molecule has 0 heterocycles. The maximum Gasteiger partial charge on any atom is 0.318 e. The molecule has 0 aliphatic carbocycles. The molecule has 124 valence electrons. The molecule has 1 aromatic carbocycles. The van der Waals surface area contributed by atoms with E-state index in [9.17, 15) is 4.79 Å². The van der Waals surface area contributed by atoms with E-state index in [0.29, 0.717) is 11.8 Å². The molecule has 0 spiro atoms. The summed E-state index contributed by atoms with van der Waals surface area (Å²) in [5, 5.41) is 0. The Hall–Kier alpha value is -0.996. The van der Waals surface area contributed by atoms with Crippen LogP contribution in [-0.2, 0) is 13.3 Å². The summed E-state index contributed by atoms with van der Waals surface area (Å²) in [6.45, 7) is 7.51. The van der Waals surface area contributed by atoms with Crippen LogP contribution in [-0.4, -0.2) is 50.2 Å². The first-order chi connectivity index (χ1) is 10.3. The van der Waals surface area contributed by atoms with Gasteiger partial charge in [0.2, 0.25) is 9.04 Å². The normalized spacial score (nSPS) is 14.5. The number of rotatable bonds is 9. The summed E-state index contributed by atoms with van der Waals surface area (Å²) in [4.78, 5) is 12.5. The molecule has 0 aliphatic rings. The Kier molecular flexibility index (Phi) is 7.44. The molecule has 0 aliphatic heterocycles. The standard InChI is InChI=1S/C15H26O5Si2/c1-15(2,20-22(6)18-4)14(16)12-7-9-13(10-8-12)19-11-21(5)17-3/h7-10,21-22H,11H2,1-6H3. The van der Waals surface area contributed by atoms with Crippen molar-refractivity contribution in [2.45, 2.75) is 32.5 Å². The van der Waals surface area contributed by atoms with Crippen molar-refractivity contribution in [1.29, 1.82) is 0 Å². The van der Waals surface area contributed by atoms with Crippen molar-refractivity contribution in [2.24, 2.45) is 0 Å². The molecule has 2 unspecified atom stereocenters. The molecular formula is C15H26O5Si2. The highest BCUT2D eigenvalue weighted by molar-refractivity contribution is 6.50. The average Bonchev–Trinajstić information content (AvgIpc) is 2.51. The highest BCUT2D eigenvalue weighted by Gasteiger charge is 2.31. The molecule has 0 N–H and O–H groups in total. The second-order valence-corrected chi connectivity index (χ2v) is 9.91. The van der Waals surface area contributed by atoms with E-state index in [4.69, 9.17) is 18.0 Å². The minimum atomic E-state index is -1.78. The Morgan fingerprint density at radius 2 is 1.68 bits per heavy atom. The topological polar surface area (TPSA) is 54.0 Å². The first-order valence-electron chi connectivity index (χ1n) is 7.31. The maximum atomic E-state index is 12.5. The van der Waals surface area contributed by atoms with Crippen LogP contribution in [0.25, 0.3) is 0 Å².